The van der Waals surface area contributed by atoms with E-state index < -0.39 is 28.8 Å². The van der Waals surface area contributed by atoms with Gasteiger partial charge >= 0.3 is 0 Å². The van der Waals surface area contributed by atoms with Crippen LogP contribution in [-0.4, -0.2) is 35.6 Å². The molecule has 2 atom stereocenters. The van der Waals surface area contributed by atoms with E-state index in [4.69, 9.17) is 9.47 Å². The van der Waals surface area contributed by atoms with Crippen LogP contribution in [0.15, 0.2) is 243 Å². The first kappa shape index (κ1) is 42.2. The van der Waals surface area contributed by atoms with Crippen molar-refractivity contribution in [2.24, 2.45) is 0 Å². The summed E-state index contributed by atoms with van der Waals surface area (Å²) in [6.07, 6.45) is -0.794. The van der Waals surface area contributed by atoms with Crippen LogP contribution in [0.25, 0.3) is 44.5 Å². The molecule has 12 rings (SSSR count). The highest BCUT2D eigenvalue weighted by Gasteiger charge is 2.69. The highest BCUT2D eigenvalue weighted by atomic mass is 16.8. The van der Waals surface area contributed by atoms with Gasteiger partial charge in [-0.2, -0.15) is 0 Å². The molecule has 0 bridgehead atoms. The molecule has 0 unspecified atom stereocenters. The van der Waals surface area contributed by atoms with Crippen LogP contribution in [-0.2, 0) is 33.4 Å². The van der Waals surface area contributed by atoms with E-state index in [2.05, 4.69) is 257 Å². The van der Waals surface area contributed by atoms with E-state index >= 15 is 0 Å². The van der Waals surface area contributed by atoms with Gasteiger partial charge in [0.25, 0.3) is 0 Å². The Hall–Kier alpha value is -7.14. The molecular weight excluding hydrogens is 827 g/mol. The molecule has 0 saturated carbocycles. The van der Waals surface area contributed by atoms with Crippen LogP contribution in [0, 0.1) is 0 Å². The Morgan fingerprint density at radius 2 is 0.544 bits per heavy atom. The molecule has 0 aromatic heterocycles. The number of quaternary nitrogens is 1. The predicted molar refractivity (Wildman–Crippen MR) is 277 cm³/mol. The van der Waals surface area contributed by atoms with Crippen molar-refractivity contribution in [2.75, 3.05) is 13.1 Å². The van der Waals surface area contributed by atoms with Gasteiger partial charge in [0.15, 0.2) is 5.79 Å². The summed E-state index contributed by atoms with van der Waals surface area (Å²) in [5, 5.41) is 0. The summed E-state index contributed by atoms with van der Waals surface area (Å²) in [5.41, 5.74) is 16.1. The Bertz CT molecular complexity index is 2780. The summed E-state index contributed by atoms with van der Waals surface area (Å²) in [4.78, 5) is 0. The van der Waals surface area contributed by atoms with Crippen molar-refractivity contribution >= 4 is 0 Å². The number of hydrogen-bond acceptors (Lipinski definition) is 2. The van der Waals surface area contributed by atoms with Gasteiger partial charge < -0.3 is 14.0 Å². The van der Waals surface area contributed by atoms with E-state index in [1.807, 2.05) is 0 Å². The van der Waals surface area contributed by atoms with Crippen molar-refractivity contribution in [2.45, 2.75) is 55.8 Å². The van der Waals surface area contributed by atoms with Gasteiger partial charge in [-0.05, 0) is 80.6 Å². The van der Waals surface area contributed by atoms with Gasteiger partial charge in [-0.15, -0.1) is 0 Å². The zero-order valence-corrected chi connectivity index (χ0v) is 38.8. The number of nitrogens with zero attached hydrogens (tertiary/aromatic N) is 1. The quantitative estimate of drug-likeness (QED) is 0.142. The molecule has 0 amide bonds. The highest BCUT2D eigenvalue weighted by Crippen LogP contribution is 2.58. The molecule has 3 aliphatic rings. The minimum Gasteiger partial charge on any atom is -0.343 e. The second-order valence-electron chi connectivity index (χ2n) is 19.9. The van der Waals surface area contributed by atoms with Crippen LogP contribution >= 0.6 is 0 Å². The van der Waals surface area contributed by atoms with Gasteiger partial charge in [-0.25, -0.2) is 0 Å². The maximum absolute atomic E-state index is 7.72. The lowest BCUT2D eigenvalue weighted by molar-refractivity contribution is -0.952. The van der Waals surface area contributed by atoms with Crippen LogP contribution < -0.4 is 0 Å². The molecule has 3 heteroatoms. The van der Waals surface area contributed by atoms with Crippen molar-refractivity contribution in [3.05, 3.63) is 276 Å². The fraction of sp³-hybridized carbons (Fsp3) is 0.169. The fourth-order valence-corrected chi connectivity index (χ4v) is 12.4. The normalized spacial score (nSPS) is 19.4. The summed E-state index contributed by atoms with van der Waals surface area (Å²) in [5.74, 6) is -0.885. The number of ether oxygens (including phenoxy) is 2. The molecule has 0 aliphatic carbocycles. The van der Waals surface area contributed by atoms with E-state index in [9.17, 15) is 0 Å². The third kappa shape index (κ3) is 7.34. The largest absolute Gasteiger partial charge is 0.343 e. The van der Waals surface area contributed by atoms with Gasteiger partial charge in [-0.3, -0.25) is 0 Å². The Balaban J connectivity index is 1.13. The smallest absolute Gasteiger partial charge is 0.163 e. The summed E-state index contributed by atoms with van der Waals surface area (Å²) in [7, 11) is 0. The Morgan fingerprint density at radius 1 is 0.309 bits per heavy atom. The van der Waals surface area contributed by atoms with Crippen molar-refractivity contribution in [1.29, 1.82) is 0 Å². The van der Waals surface area contributed by atoms with Crippen molar-refractivity contribution in [1.82, 2.24) is 0 Å². The Morgan fingerprint density at radius 3 is 0.809 bits per heavy atom. The lowest BCUT2D eigenvalue weighted by Crippen LogP contribution is -2.57. The SMILES string of the molecule is CC1(C)O[C@@H]2[C@@H](O1)C(c1ccc(-c3ccccc3)cc1)(c1ccc(-c3ccccc3)cc1)C[N+]1(Cc3ccccc3C1)CC2(c1ccc(-c2ccccc2)cc1)c1ccc(-c2ccccc2)cc1. The highest BCUT2D eigenvalue weighted by molar-refractivity contribution is 5.69. The first-order chi connectivity index (χ1) is 33.3. The molecule has 9 aromatic carbocycles. The molecule has 332 valence electrons. The van der Waals surface area contributed by atoms with Crippen LogP contribution in [0.1, 0.15) is 47.2 Å². The van der Waals surface area contributed by atoms with E-state index in [0.717, 1.165) is 30.7 Å². The van der Waals surface area contributed by atoms with E-state index in [0.29, 0.717) is 0 Å². The maximum atomic E-state index is 7.72. The summed E-state index contributed by atoms with van der Waals surface area (Å²) in [6.45, 7) is 7.67. The molecule has 3 heterocycles. The maximum Gasteiger partial charge on any atom is 0.163 e. The monoisotopic (exact) mass is 882 g/mol. The van der Waals surface area contributed by atoms with E-state index in [1.165, 1.54) is 77.9 Å². The predicted octanol–water partition coefficient (Wildman–Crippen LogP) is 14.7. The molecule has 9 aromatic rings. The van der Waals surface area contributed by atoms with Gasteiger partial charge in [0.1, 0.15) is 25.3 Å². The van der Waals surface area contributed by atoms with Gasteiger partial charge in [-0.1, -0.05) is 243 Å². The molecular formula is C65H56NO2+. The Kier molecular flexibility index (Phi) is 10.5. The first-order valence-electron chi connectivity index (χ1n) is 24.2. The average Bonchev–Trinajstić information content (AvgIpc) is 3.92. The lowest BCUT2D eigenvalue weighted by atomic mass is 9.62. The summed E-state index contributed by atoms with van der Waals surface area (Å²) in [6, 6.07) is 89.9. The van der Waals surface area contributed by atoms with Crippen LogP contribution in [0.5, 0.6) is 0 Å². The molecule has 3 aliphatic heterocycles. The van der Waals surface area contributed by atoms with Crippen molar-refractivity contribution in [3.63, 3.8) is 0 Å². The van der Waals surface area contributed by atoms with Crippen molar-refractivity contribution in [3.8, 4) is 44.5 Å². The minimum atomic E-state index is -0.885. The zero-order chi connectivity index (χ0) is 45.8. The Labute approximate surface area is 401 Å². The molecule has 3 nitrogen and oxygen atoms in total. The van der Waals surface area contributed by atoms with Crippen LogP contribution in [0.4, 0.5) is 0 Å². The second kappa shape index (κ2) is 16.9. The fourth-order valence-electron chi connectivity index (χ4n) is 12.4. The number of benzene rings is 9. The summed E-state index contributed by atoms with van der Waals surface area (Å²) >= 11 is 0. The van der Waals surface area contributed by atoms with Crippen LogP contribution in [0.2, 0.25) is 0 Å². The molecule has 0 radical (unpaired) electrons. The zero-order valence-electron chi connectivity index (χ0n) is 38.8. The van der Waals surface area contributed by atoms with E-state index in [1.54, 1.807) is 0 Å². The van der Waals surface area contributed by atoms with Gasteiger partial charge in [0, 0.05) is 11.1 Å². The summed E-state index contributed by atoms with van der Waals surface area (Å²) < 4.78 is 16.3. The molecule has 2 saturated heterocycles. The second-order valence-corrected chi connectivity index (χ2v) is 19.9. The van der Waals surface area contributed by atoms with Gasteiger partial charge in [0.2, 0.25) is 0 Å². The molecule has 68 heavy (non-hydrogen) atoms. The topological polar surface area (TPSA) is 18.5 Å². The van der Waals surface area contributed by atoms with Crippen LogP contribution in [0.3, 0.4) is 0 Å². The third-order valence-corrected chi connectivity index (χ3v) is 15.4. The first-order valence-corrected chi connectivity index (χ1v) is 24.2. The van der Waals surface area contributed by atoms with E-state index in [-0.39, 0.29) is 0 Å². The average molecular weight is 883 g/mol. The van der Waals surface area contributed by atoms with Crippen molar-refractivity contribution < 1.29 is 14.0 Å². The third-order valence-electron chi connectivity index (χ3n) is 15.4. The van der Waals surface area contributed by atoms with Gasteiger partial charge in [0.05, 0.1) is 23.9 Å². The number of rotatable bonds is 8. The minimum absolute atomic E-state index is 0.397. The molecule has 1 spiro atoms. The standard InChI is InChI=1S/C65H56NO2/c1-63(2)67-61-62(68-63)65(59-39-31-53(32-40-59)49-21-11-5-12-22-49,60-41-33-54(34-42-60)50-23-13-6-14-24-50)46-66(43-55-25-15-16-26-56(55)44-66)45-64(61,57-35-27-51(28-36-57)47-17-7-3-8-18-47)58-37-29-52(30-38-58)48-19-9-4-10-20-48/h3-42,61-62H,43-46H2,1-2H3/q+1/t61-,62-/m1/s1. The molecule has 0 N–H and O–H groups in total. The number of fused-ring (bicyclic) bond motifs is 2. The molecule has 2 fully saturated rings. The lowest BCUT2D eigenvalue weighted by Gasteiger charge is -2.46. The number of hydrogen-bond donors (Lipinski definition) is 0.